The molecular formula is C10H8ClNOS. The number of nitrogens with zero attached hydrogens (tertiary/aromatic N) is 1. The van der Waals surface area contributed by atoms with Gasteiger partial charge in [0.05, 0.1) is 11.2 Å². The van der Waals surface area contributed by atoms with Gasteiger partial charge in [0.1, 0.15) is 12.4 Å². The zero-order valence-corrected chi connectivity index (χ0v) is 8.89. The quantitative estimate of drug-likeness (QED) is 0.799. The Kier molecular flexibility index (Phi) is 3.01. The Morgan fingerprint density at radius 2 is 2.36 bits per heavy atom. The maximum atomic E-state index is 5.81. The van der Waals surface area contributed by atoms with Gasteiger partial charge in [-0.25, -0.2) is 4.98 Å². The van der Waals surface area contributed by atoms with Crippen molar-refractivity contribution in [1.29, 1.82) is 0 Å². The van der Waals surface area contributed by atoms with Crippen LogP contribution in [0.15, 0.2) is 35.2 Å². The molecule has 2 nitrogen and oxygen atoms in total. The summed E-state index contributed by atoms with van der Waals surface area (Å²) < 4.78 is 5.49. The molecule has 0 fully saturated rings. The highest BCUT2D eigenvalue weighted by Gasteiger charge is 1.97. The molecule has 0 radical (unpaired) electrons. The summed E-state index contributed by atoms with van der Waals surface area (Å²) in [4.78, 5) is 4.11. The molecule has 2 aromatic rings. The highest BCUT2D eigenvalue weighted by Crippen LogP contribution is 2.18. The second-order valence-corrected chi connectivity index (χ2v) is 3.88. The van der Waals surface area contributed by atoms with E-state index in [4.69, 9.17) is 16.3 Å². The summed E-state index contributed by atoms with van der Waals surface area (Å²) in [5, 5.41) is 2.64. The van der Waals surface area contributed by atoms with Crippen LogP contribution in [0.3, 0.4) is 0 Å². The molecule has 0 aliphatic carbocycles. The van der Waals surface area contributed by atoms with E-state index in [-0.39, 0.29) is 0 Å². The highest BCUT2D eigenvalue weighted by atomic mass is 35.5. The van der Waals surface area contributed by atoms with Crippen LogP contribution in [0.1, 0.15) is 5.69 Å². The van der Waals surface area contributed by atoms with Crippen LogP contribution < -0.4 is 4.74 Å². The molecule has 0 saturated heterocycles. The lowest BCUT2D eigenvalue weighted by Crippen LogP contribution is -1.94. The number of hydrogen-bond acceptors (Lipinski definition) is 3. The summed E-state index contributed by atoms with van der Waals surface area (Å²) in [6, 6.07) is 7.34. The smallest absolute Gasteiger partial charge is 0.131 e. The SMILES string of the molecule is Clc1cccc(OCc2cscn2)c1. The molecule has 0 aliphatic rings. The van der Waals surface area contributed by atoms with Gasteiger partial charge in [-0.2, -0.15) is 0 Å². The van der Waals surface area contributed by atoms with E-state index in [0.29, 0.717) is 11.6 Å². The van der Waals surface area contributed by atoms with E-state index >= 15 is 0 Å². The van der Waals surface area contributed by atoms with E-state index in [1.807, 2.05) is 23.6 Å². The molecule has 0 unspecified atom stereocenters. The van der Waals surface area contributed by atoms with E-state index in [1.165, 1.54) is 0 Å². The Hall–Kier alpha value is -1.06. The molecule has 0 amide bonds. The van der Waals surface area contributed by atoms with Gasteiger partial charge >= 0.3 is 0 Å². The van der Waals surface area contributed by atoms with Crippen molar-refractivity contribution in [2.75, 3.05) is 0 Å². The normalized spacial score (nSPS) is 10.1. The van der Waals surface area contributed by atoms with E-state index in [2.05, 4.69) is 4.98 Å². The van der Waals surface area contributed by atoms with Gasteiger partial charge in [-0.3, -0.25) is 0 Å². The summed E-state index contributed by atoms with van der Waals surface area (Å²) in [7, 11) is 0. The molecule has 0 spiro atoms. The molecule has 72 valence electrons. The Morgan fingerprint density at radius 3 is 3.07 bits per heavy atom. The fourth-order valence-electron chi connectivity index (χ4n) is 1.02. The second-order valence-electron chi connectivity index (χ2n) is 2.73. The van der Waals surface area contributed by atoms with Crippen molar-refractivity contribution >= 4 is 22.9 Å². The van der Waals surface area contributed by atoms with Crippen LogP contribution in [0.5, 0.6) is 5.75 Å². The van der Waals surface area contributed by atoms with E-state index < -0.39 is 0 Å². The van der Waals surface area contributed by atoms with Crippen molar-refractivity contribution in [3.05, 3.63) is 45.9 Å². The third kappa shape index (κ3) is 2.47. The minimum Gasteiger partial charge on any atom is -0.487 e. The van der Waals surface area contributed by atoms with Crippen molar-refractivity contribution in [2.45, 2.75) is 6.61 Å². The van der Waals surface area contributed by atoms with Crippen LogP contribution in [0, 0.1) is 0 Å². The molecule has 1 aromatic heterocycles. The molecule has 4 heteroatoms. The molecule has 0 aliphatic heterocycles. The predicted octanol–water partition coefficient (Wildman–Crippen LogP) is 3.38. The summed E-state index contributed by atoms with van der Waals surface area (Å²) in [6.45, 7) is 0.490. The lowest BCUT2D eigenvalue weighted by atomic mass is 10.3. The topological polar surface area (TPSA) is 22.1 Å². The second kappa shape index (κ2) is 4.44. The average molecular weight is 226 g/mol. The van der Waals surface area contributed by atoms with Crippen LogP contribution in [-0.4, -0.2) is 4.98 Å². The van der Waals surface area contributed by atoms with Crippen molar-refractivity contribution in [3.8, 4) is 5.75 Å². The maximum Gasteiger partial charge on any atom is 0.131 e. The molecule has 1 aromatic carbocycles. The molecule has 1 heterocycles. The summed E-state index contributed by atoms with van der Waals surface area (Å²) in [6.07, 6.45) is 0. The average Bonchev–Trinajstić information content (AvgIpc) is 2.67. The molecule has 14 heavy (non-hydrogen) atoms. The number of thiazole rings is 1. The molecule has 0 saturated carbocycles. The predicted molar refractivity (Wildman–Crippen MR) is 57.9 cm³/mol. The van der Waals surface area contributed by atoms with Gasteiger partial charge in [0.15, 0.2) is 0 Å². The lowest BCUT2D eigenvalue weighted by molar-refractivity contribution is 0.302. The van der Waals surface area contributed by atoms with E-state index in [0.717, 1.165) is 11.4 Å². The van der Waals surface area contributed by atoms with E-state index in [1.54, 1.807) is 22.9 Å². The zero-order valence-electron chi connectivity index (χ0n) is 7.31. The van der Waals surface area contributed by atoms with Gasteiger partial charge in [-0.15, -0.1) is 11.3 Å². The first-order valence-electron chi connectivity index (χ1n) is 4.10. The Labute approximate surface area is 91.1 Å². The monoisotopic (exact) mass is 225 g/mol. The van der Waals surface area contributed by atoms with Crippen LogP contribution in [0.2, 0.25) is 5.02 Å². The third-order valence-electron chi connectivity index (χ3n) is 1.67. The summed E-state index contributed by atoms with van der Waals surface area (Å²) in [5.74, 6) is 0.769. The van der Waals surface area contributed by atoms with Crippen molar-refractivity contribution in [1.82, 2.24) is 4.98 Å². The lowest BCUT2D eigenvalue weighted by Gasteiger charge is -2.03. The number of aromatic nitrogens is 1. The van der Waals surface area contributed by atoms with Crippen molar-refractivity contribution < 1.29 is 4.74 Å². The fraction of sp³-hybridized carbons (Fsp3) is 0.100. The number of benzene rings is 1. The van der Waals surface area contributed by atoms with Crippen LogP contribution >= 0.6 is 22.9 Å². The maximum absolute atomic E-state index is 5.81. The van der Waals surface area contributed by atoms with Gasteiger partial charge in [-0.05, 0) is 18.2 Å². The molecule has 0 bridgehead atoms. The van der Waals surface area contributed by atoms with E-state index in [9.17, 15) is 0 Å². The van der Waals surface area contributed by atoms with Crippen molar-refractivity contribution in [2.24, 2.45) is 0 Å². The first-order chi connectivity index (χ1) is 6.84. The number of hydrogen-bond donors (Lipinski definition) is 0. The Balaban J connectivity index is 1.98. The first kappa shape index (κ1) is 9.49. The molecule has 0 atom stereocenters. The van der Waals surface area contributed by atoms with Gasteiger partial charge in [0.2, 0.25) is 0 Å². The minimum absolute atomic E-state index is 0.490. The first-order valence-corrected chi connectivity index (χ1v) is 5.42. The summed E-state index contributed by atoms with van der Waals surface area (Å²) >= 11 is 7.37. The Morgan fingerprint density at radius 1 is 1.43 bits per heavy atom. The number of halogens is 1. The van der Waals surface area contributed by atoms with Crippen LogP contribution in [-0.2, 0) is 6.61 Å². The number of rotatable bonds is 3. The molecule has 2 rings (SSSR count). The Bertz CT molecular complexity index is 402. The van der Waals surface area contributed by atoms with Gasteiger partial charge in [-0.1, -0.05) is 17.7 Å². The fourth-order valence-corrected chi connectivity index (χ4v) is 1.75. The minimum atomic E-state index is 0.490. The zero-order chi connectivity index (χ0) is 9.80. The highest BCUT2D eigenvalue weighted by molar-refractivity contribution is 7.07. The van der Waals surface area contributed by atoms with Crippen LogP contribution in [0.4, 0.5) is 0 Å². The van der Waals surface area contributed by atoms with Crippen LogP contribution in [0.25, 0.3) is 0 Å². The van der Waals surface area contributed by atoms with Crippen molar-refractivity contribution in [3.63, 3.8) is 0 Å². The van der Waals surface area contributed by atoms with Gasteiger partial charge in [0.25, 0.3) is 0 Å². The van der Waals surface area contributed by atoms with Gasteiger partial charge in [0, 0.05) is 10.4 Å². The number of ether oxygens (including phenoxy) is 1. The molecular weight excluding hydrogens is 218 g/mol. The standard InChI is InChI=1S/C10H8ClNOS/c11-8-2-1-3-10(4-8)13-5-9-6-14-7-12-9/h1-4,6-7H,5H2. The third-order valence-corrected chi connectivity index (χ3v) is 2.54. The summed E-state index contributed by atoms with van der Waals surface area (Å²) in [5.41, 5.74) is 2.73. The molecule has 0 N–H and O–H groups in total. The van der Waals surface area contributed by atoms with Gasteiger partial charge < -0.3 is 4.74 Å². The largest absolute Gasteiger partial charge is 0.487 e.